The van der Waals surface area contributed by atoms with Gasteiger partial charge < -0.3 is 9.15 Å². The molecule has 0 bridgehead atoms. The smallest absolute Gasteiger partial charge is 0.417 e. The highest BCUT2D eigenvalue weighted by Crippen LogP contribution is 2.38. The van der Waals surface area contributed by atoms with E-state index in [-0.39, 0.29) is 28.6 Å². The SMILES string of the molecule is CCCCOC(=O)CN1C(=O)S/C(=C/c2ccc(-c3ccccc3C(F)(F)F)o2)C1=O. The number of benzene rings is 1. The first kappa shape index (κ1) is 22.7. The number of carbonyl (C=O) groups excluding carboxylic acids is 3. The molecule has 6 nitrogen and oxygen atoms in total. The van der Waals surface area contributed by atoms with Gasteiger partial charge in [-0.15, -0.1) is 0 Å². The molecule has 2 heterocycles. The number of hydrogen-bond acceptors (Lipinski definition) is 6. The normalized spacial score (nSPS) is 15.7. The quantitative estimate of drug-likeness (QED) is 0.320. The highest BCUT2D eigenvalue weighted by molar-refractivity contribution is 8.18. The molecule has 164 valence electrons. The molecular formula is C21H18F3NO5S. The second kappa shape index (κ2) is 9.42. The van der Waals surface area contributed by atoms with Crippen LogP contribution in [0.15, 0.2) is 45.7 Å². The number of nitrogens with zero attached hydrogens (tertiary/aromatic N) is 1. The molecule has 3 rings (SSSR count). The van der Waals surface area contributed by atoms with Crippen molar-refractivity contribution in [2.24, 2.45) is 0 Å². The van der Waals surface area contributed by atoms with Crippen molar-refractivity contribution >= 4 is 35.0 Å². The van der Waals surface area contributed by atoms with Crippen molar-refractivity contribution in [3.05, 3.63) is 52.6 Å². The Morgan fingerprint density at radius 3 is 2.65 bits per heavy atom. The maximum atomic E-state index is 13.2. The molecule has 0 atom stereocenters. The van der Waals surface area contributed by atoms with Gasteiger partial charge in [0.1, 0.15) is 18.1 Å². The number of amides is 2. The molecule has 10 heteroatoms. The number of imide groups is 1. The van der Waals surface area contributed by atoms with Crippen molar-refractivity contribution < 1.29 is 36.7 Å². The zero-order chi connectivity index (χ0) is 22.6. The maximum Gasteiger partial charge on any atom is 0.417 e. The topological polar surface area (TPSA) is 76.8 Å². The van der Waals surface area contributed by atoms with Crippen molar-refractivity contribution in [1.82, 2.24) is 4.90 Å². The van der Waals surface area contributed by atoms with Gasteiger partial charge in [0.2, 0.25) is 0 Å². The van der Waals surface area contributed by atoms with Gasteiger partial charge in [-0.05, 0) is 36.4 Å². The number of carbonyl (C=O) groups is 3. The number of thioether (sulfide) groups is 1. The lowest BCUT2D eigenvalue weighted by atomic mass is 10.1. The fourth-order valence-electron chi connectivity index (χ4n) is 2.79. The molecule has 2 aromatic rings. The average Bonchev–Trinajstić information content (AvgIpc) is 3.28. The minimum absolute atomic E-state index is 0.00337. The Labute approximate surface area is 180 Å². The van der Waals surface area contributed by atoms with Crippen molar-refractivity contribution in [1.29, 1.82) is 0 Å². The minimum Gasteiger partial charge on any atom is -0.464 e. The van der Waals surface area contributed by atoms with Crippen molar-refractivity contribution in [3.8, 4) is 11.3 Å². The van der Waals surface area contributed by atoms with Gasteiger partial charge in [-0.25, -0.2) is 0 Å². The Hall–Kier alpha value is -3.01. The zero-order valence-corrected chi connectivity index (χ0v) is 17.2. The maximum absolute atomic E-state index is 13.2. The van der Waals surface area contributed by atoms with Crippen LogP contribution in [0.5, 0.6) is 0 Å². The molecule has 0 unspecified atom stereocenters. The number of esters is 1. The van der Waals surface area contributed by atoms with Gasteiger partial charge in [0.05, 0.1) is 17.1 Å². The van der Waals surface area contributed by atoms with Gasteiger partial charge in [0.25, 0.3) is 11.1 Å². The predicted octanol–water partition coefficient (Wildman–Crippen LogP) is 5.35. The summed E-state index contributed by atoms with van der Waals surface area (Å²) in [6.07, 6.45) is -1.80. The monoisotopic (exact) mass is 453 g/mol. The second-order valence-electron chi connectivity index (χ2n) is 6.59. The lowest BCUT2D eigenvalue weighted by molar-refractivity contribution is -0.146. The van der Waals surface area contributed by atoms with Crippen LogP contribution in [0, 0.1) is 0 Å². The highest BCUT2D eigenvalue weighted by atomic mass is 32.2. The van der Waals surface area contributed by atoms with Crippen LogP contribution in [-0.2, 0) is 20.5 Å². The summed E-state index contributed by atoms with van der Waals surface area (Å²) in [5.74, 6) is -1.32. The van der Waals surface area contributed by atoms with E-state index in [9.17, 15) is 27.6 Å². The minimum atomic E-state index is -4.56. The first-order valence-corrected chi connectivity index (χ1v) is 10.2. The van der Waals surface area contributed by atoms with Crippen molar-refractivity contribution in [2.45, 2.75) is 25.9 Å². The Kier molecular flexibility index (Phi) is 6.89. The van der Waals surface area contributed by atoms with Crippen LogP contribution in [-0.4, -0.2) is 35.2 Å². The van der Waals surface area contributed by atoms with E-state index >= 15 is 0 Å². The van der Waals surface area contributed by atoms with Gasteiger partial charge in [-0.2, -0.15) is 13.2 Å². The molecule has 1 aromatic heterocycles. The van der Waals surface area contributed by atoms with E-state index in [0.717, 1.165) is 17.4 Å². The zero-order valence-electron chi connectivity index (χ0n) is 16.4. The lowest BCUT2D eigenvalue weighted by Crippen LogP contribution is -2.34. The number of halogens is 3. The summed E-state index contributed by atoms with van der Waals surface area (Å²) in [6.45, 7) is 1.63. The average molecular weight is 453 g/mol. The van der Waals surface area contributed by atoms with E-state index in [4.69, 9.17) is 9.15 Å². The summed E-state index contributed by atoms with van der Waals surface area (Å²) in [5.41, 5.74) is -0.990. The molecule has 1 fully saturated rings. The summed E-state index contributed by atoms with van der Waals surface area (Å²) in [5, 5.41) is -0.641. The molecule has 31 heavy (non-hydrogen) atoms. The summed E-state index contributed by atoms with van der Waals surface area (Å²) >= 11 is 0.610. The van der Waals surface area contributed by atoms with Crippen molar-refractivity contribution in [3.63, 3.8) is 0 Å². The molecule has 1 aliphatic rings. The Morgan fingerprint density at radius 2 is 1.94 bits per heavy atom. The van der Waals surface area contributed by atoms with Gasteiger partial charge in [0, 0.05) is 11.6 Å². The van der Waals surface area contributed by atoms with Gasteiger partial charge >= 0.3 is 12.1 Å². The standard InChI is InChI=1S/C21H18F3NO5S/c1-2-3-10-29-18(26)12-25-19(27)17(31-20(25)28)11-13-8-9-16(30-13)14-6-4-5-7-15(14)21(22,23)24/h4-9,11H,2-3,10,12H2,1H3/b17-11+. The highest BCUT2D eigenvalue weighted by Gasteiger charge is 2.37. The Balaban J connectivity index is 1.76. The predicted molar refractivity (Wildman–Crippen MR) is 108 cm³/mol. The van der Waals surface area contributed by atoms with Crippen LogP contribution < -0.4 is 0 Å². The number of furan rings is 1. The summed E-state index contributed by atoms with van der Waals surface area (Å²) in [6, 6.07) is 7.71. The summed E-state index contributed by atoms with van der Waals surface area (Å²) in [4.78, 5) is 37.1. The number of ether oxygens (including phenoxy) is 1. The number of alkyl halides is 3. The van der Waals surface area contributed by atoms with Crippen LogP contribution in [0.1, 0.15) is 31.1 Å². The molecule has 0 aliphatic carbocycles. The third-order valence-electron chi connectivity index (χ3n) is 4.32. The van der Waals surface area contributed by atoms with Crippen LogP contribution in [0.2, 0.25) is 0 Å². The third-order valence-corrected chi connectivity index (χ3v) is 5.23. The molecule has 1 aromatic carbocycles. The fraction of sp³-hybridized carbons (Fsp3) is 0.286. The molecule has 0 N–H and O–H groups in total. The van der Waals surface area contributed by atoms with E-state index in [1.165, 1.54) is 36.4 Å². The molecule has 2 amide bonds. The molecule has 0 saturated carbocycles. The van der Waals surface area contributed by atoms with E-state index < -0.39 is 35.4 Å². The summed E-state index contributed by atoms with van der Waals surface area (Å²) in [7, 11) is 0. The van der Waals surface area contributed by atoms with Gasteiger partial charge in [-0.3, -0.25) is 19.3 Å². The Morgan fingerprint density at radius 1 is 1.19 bits per heavy atom. The van der Waals surface area contributed by atoms with Crippen LogP contribution in [0.25, 0.3) is 17.4 Å². The Bertz CT molecular complexity index is 1030. The first-order valence-electron chi connectivity index (χ1n) is 9.38. The molecule has 1 saturated heterocycles. The largest absolute Gasteiger partial charge is 0.464 e. The number of hydrogen-bond donors (Lipinski definition) is 0. The fourth-order valence-corrected chi connectivity index (χ4v) is 3.61. The van der Waals surface area contributed by atoms with Crippen LogP contribution in [0.4, 0.5) is 18.0 Å². The number of rotatable bonds is 7. The number of unbranched alkanes of at least 4 members (excludes halogenated alkanes) is 1. The van der Waals surface area contributed by atoms with Crippen LogP contribution >= 0.6 is 11.8 Å². The second-order valence-corrected chi connectivity index (χ2v) is 7.58. The van der Waals surface area contributed by atoms with E-state index in [1.807, 2.05) is 6.92 Å². The van der Waals surface area contributed by atoms with Gasteiger partial charge in [-0.1, -0.05) is 31.5 Å². The molecule has 1 aliphatic heterocycles. The lowest BCUT2D eigenvalue weighted by Gasteiger charge is -2.11. The molecule has 0 spiro atoms. The molecular weight excluding hydrogens is 435 g/mol. The first-order chi connectivity index (χ1) is 14.7. The van der Waals surface area contributed by atoms with Crippen molar-refractivity contribution in [2.75, 3.05) is 13.2 Å². The van der Waals surface area contributed by atoms with E-state index in [2.05, 4.69) is 0 Å². The van der Waals surface area contributed by atoms with E-state index in [1.54, 1.807) is 0 Å². The van der Waals surface area contributed by atoms with Gasteiger partial charge in [0.15, 0.2) is 0 Å². The summed E-state index contributed by atoms with van der Waals surface area (Å²) < 4.78 is 50.1. The third kappa shape index (κ3) is 5.38. The van der Waals surface area contributed by atoms with Crippen LogP contribution in [0.3, 0.4) is 0 Å². The van der Waals surface area contributed by atoms with E-state index in [0.29, 0.717) is 18.2 Å². The molecule has 0 radical (unpaired) electrons.